The van der Waals surface area contributed by atoms with Crippen LogP contribution in [0.1, 0.15) is 37.2 Å². The Morgan fingerprint density at radius 3 is 2.73 bits per heavy atom. The number of nitrogens with one attached hydrogen (secondary N) is 1. The highest BCUT2D eigenvalue weighted by molar-refractivity contribution is 5.92. The molecule has 0 aliphatic rings. The van der Waals surface area contributed by atoms with Crippen molar-refractivity contribution in [3.05, 3.63) is 42.3 Å². The number of aliphatic hydroxyl groups is 1. The van der Waals surface area contributed by atoms with Crippen LogP contribution in [0.2, 0.25) is 0 Å². The van der Waals surface area contributed by atoms with E-state index in [4.69, 9.17) is 4.42 Å². The van der Waals surface area contributed by atoms with Crippen molar-refractivity contribution in [2.75, 3.05) is 13.2 Å². The number of nitrogens with zero attached hydrogens (tertiary/aromatic N) is 1. The highest BCUT2D eigenvalue weighted by Crippen LogP contribution is 2.20. The molecular weight excluding hydrogens is 280 g/mol. The second-order valence-electron chi connectivity index (χ2n) is 6.09. The monoisotopic (exact) mass is 302 g/mol. The summed E-state index contributed by atoms with van der Waals surface area (Å²) >= 11 is 0. The molecule has 0 saturated heterocycles. The second kappa shape index (κ2) is 7.22. The zero-order valence-electron chi connectivity index (χ0n) is 13.0. The summed E-state index contributed by atoms with van der Waals surface area (Å²) in [5.41, 5.74) is 1.01. The van der Waals surface area contributed by atoms with E-state index in [-0.39, 0.29) is 23.6 Å². The third-order valence-electron chi connectivity index (χ3n) is 3.50. The Balaban J connectivity index is 1.85. The standard InChI is InChI=1S/C17H22N2O3/c1-17(2,12-20)9-6-10-18-15(21)14-11-22-16(19-14)13-7-4-3-5-8-13/h3-5,7-8,11,20H,6,9-10,12H2,1-2H3,(H,18,21). The number of hydrogen-bond acceptors (Lipinski definition) is 4. The number of benzene rings is 1. The Hall–Kier alpha value is -2.14. The molecule has 1 amide bonds. The van der Waals surface area contributed by atoms with Crippen LogP contribution < -0.4 is 5.32 Å². The van der Waals surface area contributed by atoms with Crippen molar-refractivity contribution in [1.29, 1.82) is 0 Å². The van der Waals surface area contributed by atoms with Gasteiger partial charge in [0.25, 0.3) is 5.91 Å². The van der Waals surface area contributed by atoms with Gasteiger partial charge in [0.2, 0.25) is 5.89 Å². The van der Waals surface area contributed by atoms with E-state index < -0.39 is 0 Å². The van der Waals surface area contributed by atoms with Crippen LogP contribution in [-0.2, 0) is 0 Å². The Morgan fingerprint density at radius 2 is 2.05 bits per heavy atom. The number of hydrogen-bond donors (Lipinski definition) is 2. The zero-order chi connectivity index (χ0) is 16.0. The molecule has 1 aromatic heterocycles. The normalized spacial score (nSPS) is 11.4. The molecule has 0 aliphatic carbocycles. The van der Waals surface area contributed by atoms with E-state index in [1.54, 1.807) is 0 Å². The molecule has 0 spiro atoms. The molecule has 0 bridgehead atoms. The van der Waals surface area contributed by atoms with Crippen LogP contribution in [-0.4, -0.2) is 29.1 Å². The fraction of sp³-hybridized carbons (Fsp3) is 0.412. The maximum Gasteiger partial charge on any atom is 0.273 e. The van der Waals surface area contributed by atoms with Gasteiger partial charge in [0, 0.05) is 18.7 Å². The lowest BCUT2D eigenvalue weighted by atomic mass is 9.89. The molecule has 0 fully saturated rings. The molecule has 1 heterocycles. The highest BCUT2D eigenvalue weighted by atomic mass is 16.3. The lowest BCUT2D eigenvalue weighted by Gasteiger charge is -2.21. The smallest absolute Gasteiger partial charge is 0.273 e. The summed E-state index contributed by atoms with van der Waals surface area (Å²) < 4.78 is 5.34. The SMILES string of the molecule is CC(C)(CO)CCCNC(=O)c1coc(-c2ccccc2)n1. The summed E-state index contributed by atoms with van der Waals surface area (Å²) in [7, 11) is 0. The summed E-state index contributed by atoms with van der Waals surface area (Å²) in [6.07, 6.45) is 3.02. The largest absolute Gasteiger partial charge is 0.444 e. The highest BCUT2D eigenvalue weighted by Gasteiger charge is 2.16. The summed E-state index contributed by atoms with van der Waals surface area (Å²) in [5, 5.41) is 12.0. The molecule has 0 atom stereocenters. The molecule has 0 radical (unpaired) electrons. The van der Waals surface area contributed by atoms with Crippen LogP contribution >= 0.6 is 0 Å². The van der Waals surface area contributed by atoms with Crippen LogP contribution in [0.3, 0.4) is 0 Å². The van der Waals surface area contributed by atoms with E-state index >= 15 is 0 Å². The molecule has 2 N–H and O–H groups in total. The lowest BCUT2D eigenvalue weighted by molar-refractivity contribution is 0.0943. The van der Waals surface area contributed by atoms with Crippen LogP contribution in [0.15, 0.2) is 41.0 Å². The Bertz CT molecular complexity index is 605. The van der Waals surface area contributed by atoms with E-state index in [0.717, 1.165) is 18.4 Å². The molecule has 5 nitrogen and oxygen atoms in total. The minimum absolute atomic E-state index is 0.112. The van der Waals surface area contributed by atoms with E-state index in [1.807, 2.05) is 44.2 Å². The van der Waals surface area contributed by atoms with Gasteiger partial charge in [0.05, 0.1) is 0 Å². The predicted octanol–water partition coefficient (Wildman–Crippen LogP) is 2.87. The predicted molar refractivity (Wildman–Crippen MR) is 84.4 cm³/mol. The zero-order valence-corrected chi connectivity index (χ0v) is 13.0. The summed E-state index contributed by atoms with van der Waals surface area (Å²) in [6, 6.07) is 9.45. The van der Waals surface area contributed by atoms with Crippen molar-refractivity contribution in [2.24, 2.45) is 5.41 Å². The van der Waals surface area contributed by atoms with Gasteiger partial charge in [-0.05, 0) is 30.4 Å². The van der Waals surface area contributed by atoms with E-state index in [0.29, 0.717) is 12.4 Å². The van der Waals surface area contributed by atoms with Gasteiger partial charge < -0.3 is 14.8 Å². The number of aliphatic hydroxyl groups excluding tert-OH is 1. The Labute approximate surface area is 130 Å². The maximum absolute atomic E-state index is 12.0. The van der Waals surface area contributed by atoms with Gasteiger partial charge in [-0.3, -0.25) is 4.79 Å². The molecule has 22 heavy (non-hydrogen) atoms. The Kier molecular flexibility index (Phi) is 5.33. The topological polar surface area (TPSA) is 75.4 Å². The molecule has 0 saturated carbocycles. The summed E-state index contributed by atoms with van der Waals surface area (Å²) in [4.78, 5) is 16.2. The summed E-state index contributed by atoms with van der Waals surface area (Å²) in [6.45, 7) is 4.69. The van der Waals surface area contributed by atoms with Gasteiger partial charge >= 0.3 is 0 Å². The molecular formula is C17H22N2O3. The van der Waals surface area contributed by atoms with Crippen LogP contribution in [0.25, 0.3) is 11.5 Å². The summed E-state index contributed by atoms with van der Waals surface area (Å²) in [5.74, 6) is 0.194. The van der Waals surface area contributed by atoms with Gasteiger partial charge in [0.1, 0.15) is 6.26 Å². The van der Waals surface area contributed by atoms with Crippen molar-refractivity contribution < 1.29 is 14.3 Å². The van der Waals surface area contributed by atoms with Crippen LogP contribution in [0, 0.1) is 5.41 Å². The second-order valence-corrected chi connectivity index (χ2v) is 6.09. The van der Waals surface area contributed by atoms with Gasteiger partial charge in [-0.1, -0.05) is 32.0 Å². The molecule has 118 valence electrons. The van der Waals surface area contributed by atoms with Crippen molar-refractivity contribution in [3.8, 4) is 11.5 Å². The van der Waals surface area contributed by atoms with Gasteiger partial charge in [0.15, 0.2) is 5.69 Å². The maximum atomic E-state index is 12.0. The third-order valence-corrected chi connectivity index (χ3v) is 3.50. The molecule has 0 unspecified atom stereocenters. The van der Waals surface area contributed by atoms with E-state index in [9.17, 15) is 9.90 Å². The average molecular weight is 302 g/mol. The van der Waals surface area contributed by atoms with Crippen molar-refractivity contribution >= 4 is 5.91 Å². The lowest BCUT2D eigenvalue weighted by Crippen LogP contribution is -2.26. The number of oxazole rings is 1. The first-order chi connectivity index (χ1) is 10.5. The van der Waals surface area contributed by atoms with E-state index in [1.165, 1.54) is 6.26 Å². The first-order valence-corrected chi connectivity index (χ1v) is 7.42. The van der Waals surface area contributed by atoms with Gasteiger partial charge in [-0.15, -0.1) is 0 Å². The number of carbonyl (C=O) groups is 1. The number of carbonyl (C=O) groups excluding carboxylic acids is 1. The van der Waals surface area contributed by atoms with Gasteiger partial charge in [-0.25, -0.2) is 4.98 Å². The molecule has 5 heteroatoms. The minimum atomic E-state index is -0.243. The fourth-order valence-electron chi connectivity index (χ4n) is 2.03. The number of rotatable bonds is 7. The Morgan fingerprint density at radius 1 is 1.32 bits per heavy atom. The van der Waals surface area contributed by atoms with E-state index in [2.05, 4.69) is 10.3 Å². The fourth-order valence-corrected chi connectivity index (χ4v) is 2.03. The minimum Gasteiger partial charge on any atom is -0.444 e. The quantitative estimate of drug-likeness (QED) is 0.771. The van der Waals surface area contributed by atoms with Crippen LogP contribution in [0.5, 0.6) is 0 Å². The molecule has 1 aromatic carbocycles. The van der Waals surface area contributed by atoms with Gasteiger partial charge in [-0.2, -0.15) is 0 Å². The first-order valence-electron chi connectivity index (χ1n) is 7.42. The molecule has 2 aromatic rings. The first kappa shape index (κ1) is 16.2. The number of aromatic nitrogens is 1. The van der Waals surface area contributed by atoms with Crippen molar-refractivity contribution in [2.45, 2.75) is 26.7 Å². The molecule has 2 rings (SSSR count). The third kappa shape index (κ3) is 4.43. The number of amides is 1. The van der Waals surface area contributed by atoms with Crippen molar-refractivity contribution in [3.63, 3.8) is 0 Å². The van der Waals surface area contributed by atoms with Crippen LogP contribution in [0.4, 0.5) is 0 Å². The average Bonchev–Trinajstić information content (AvgIpc) is 3.02. The van der Waals surface area contributed by atoms with Crippen molar-refractivity contribution in [1.82, 2.24) is 10.3 Å². The molecule has 0 aliphatic heterocycles.